The molecule has 2 N–H and O–H groups in total. The third-order valence-corrected chi connectivity index (χ3v) is 9.09. The van der Waals surface area contributed by atoms with Crippen molar-refractivity contribution in [2.24, 2.45) is 0 Å². The van der Waals surface area contributed by atoms with Gasteiger partial charge in [-0.25, -0.2) is 8.93 Å². The van der Waals surface area contributed by atoms with Crippen molar-refractivity contribution in [2.75, 3.05) is 0 Å². The lowest BCUT2D eigenvalue weighted by molar-refractivity contribution is -0.137. The number of nitriles is 1. The van der Waals surface area contributed by atoms with E-state index >= 15 is 0 Å². The Kier molecular flexibility index (Phi) is 7.61. The molecule has 0 saturated heterocycles. The molecule has 0 spiro atoms. The number of nitrogens with zero attached hydrogens (tertiary/aromatic N) is 2. The van der Waals surface area contributed by atoms with Crippen LogP contribution < -0.4 is 15.5 Å². The number of carbonyl (C=O) groups is 1. The summed E-state index contributed by atoms with van der Waals surface area (Å²) in [6.07, 6.45) is 0.319. The first-order valence-corrected chi connectivity index (χ1v) is 13.7. The molecule has 3 aromatic rings. The van der Waals surface area contributed by atoms with E-state index < -0.39 is 32.8 Å². The zero-order valence-corrected chi connectivity index (χ0v) is 22.4. The zero-order valence-electron chi connectivity index (χ0n) is 21.6. The summed E-state index contributed by atoms with van der Waals surface area (Å²) < 4.78 is 57.3. The molecule has 11 heteroatoms. The quantitative estimate of drug-likeness (QED) is 0.244. The second-order valence-electron chi connectivity index (χ2n) is 9.55. The topological polar surface area (TPSA) is 104 Å². The predicted molar refractivity (Wildman–Crippen MR) is 143 cm³/mol. The minimum atomic E-state index is -4.57. The van der Waals surface area contributed by atoms with E-state index in [9.17, 15) is 27.0 Å². The van der Waals surface area contributed by atoms with E-state index in [1.807, 2.05) is 0 Å². The van der Waals surface area contributed by atoms with Crippen molar-refractivity contribution in [1.29, 1.82) is 5.26 Å². The molecular formula is C28H27F3N4O3S. The monoisotopic (exact) mass is 556 g/mol. The van der Waals surface area contributed by atoms with E-state index in [-0.39, 0.29) is 29.3 Å². The van der Waals surface area contributed by atoms with Crippen LogP contribution in [0.5, 0.6) is 0 Å². The highest BCUT2D eigenvalue weighted by Crippen LogP contribution is 2.38. The average Bonchev–Trinajstić information content (AvgIpc) is 3.73. The number of alkyl halides is 3. The van der Waals surface area contributed by atoms with Crippen molar-refractivity contribution >= 4 is 20.5 Å². The molecular weight excluding hydrogens is 529 g/mol. The first-order chi connectivity index (χ1) is 18.4. The van der Waals surface area contributed by atoms with Gasteiger partial charge in [0.2, 0.25) is 5.43 Å². The second kappa shape index (κ2) is 10.6. The summed E-state index contributed by atoms with van der Waals surface area (Å²) >= 11 is 0. The standard InChI is InChI=1S/C28H27F3N4O3S/c1-17(2)39(38,34-16-32)23-11-7-19(8-12-23)14-33-27(37)24-15-35(22-9-10-22)18(3)25(26(24)36)20-5-4-6-21(13-20)28(29,30)31/h4-8,11-13,15,22H,9-10,14H2,1-3H3,(H,33,37)(H,34,38). The van der Waals surface area contributed by atoms with E-state index in [0.29, 0.717) is 21.0 Å². The third-order valence-electron chi connectivity index (χ3n) is 6.63. The Morgan fingerprint density at radius 1 is 1.15 bits per heavy atom. The molecule has 0 radical (unpaired) electrons. The number of halogens is 3. The molecule has 204 valence electrons. The van der Waals surface area contributed by atoms with Gasteiger partial charge in [-0.05, 0) is 69.0 Å². The molecule has 1 saturated carbocycles. The van der Waals surface area contributed by atoms with E-state index in [1.54, 1.807) is 55.8 Å². The number of pyridine rings is 1. The second-order valence-corrected chi connectivity index (χ2v) is 12.2. The van der Waals surface area contributed by atoms with Gasteiger partial charge in [0.05, 0.1) is 20.2 Å². The van der Waals surface area contributed by atoms with Crippen LogP contribution in [0.15, 0.2) is 64.4 Å². The first-order valence-electron chi connectivity index (χ1n) is 12.2. The summed E-state index contributed by atoms with van der Waals surface area (Å²) in [5.41, 5.74) is -0.346. The van der Waals surface area contributed by atoms with Crippen LogP contribution in [0.4, 0.5) is 13.2 Å². The van der Waals surface area contributed by atoms with Gasteiger partial charge in [-0.15, -0.1) is 0 Å². The molecule has 1 unspecified atom stereocenters. The van der Waals surface area contributed by atoms with E-state index in [1.165, 1.54) is 18.3 Å². The van der Waals surface area contributed by atoms with Crippen LogP contribution in [0.25, 0.3) is 11.1 Å². The number of carbonyl (C=O) groups excluding carboxylic acids is 1. The van der Waals surface area contributed by atoms with Gasteiger partial charge < -0.3 is 9.88 Å². The molecule has 1 atom stereocenters. The van der Waals surface area contributed by atoms with Crippen molar-refractivity contribution in [3.8, 4) is 17.3 Å². The molecule has 1 aromatic heterocycles. The maximum absolute atomic E-state index is 13.5. The number of amides is 1. The lowest BCUT2D eigenvalue weighted by Gasteiger charge is -2.17. The maximum atomic E-state index is 13.5. The summed E-state index contributed by atoms with van der Waals surface area (Å²) in [5.74, 6) is -0.653. The highest BCUT2D eigenvalue weighted by Gasteiger charge is 2.32. The Morgan fingerprint density at radius 2 is 1.82 bits per heavy atom. The Hall–Kier alpha value is -4.04. The van der Waals surface area contributed by atoms with E-state index in [0.717, 1.165) is 25.0 Å². The highest BCUT2D eigenvalue weighted by molar-refractivity contribution is 8.00. The normalized spacial score (nSPS) is 14.7. The Morgan fingerprint density at radius 3 is 2.38 bits per heavy atom. The van der Waals surface area contributed by atoms with Gasteiger partial charge in [0.25, 0.3) is 5.91 Å². The molecule has 39 heavy (non-hydrogen) atoms. The largest absolute Gasteiger partial charge is 0.416 e. The summed E-state index contributed by atoms with van der Waals surface area (Å²) in [4.78, 5) is 27.6. The molecule has 1 amide bonds. The molecule has 4 rings (SSSR count). The Bertz CT molecular complexity index is 1650. The van der Waals surface area contributed by atoms with Crippen LogP contribution in [-0.2, 0) is 22.4 Å². The Labute approximate surface area is 224 Å². The number of hydrogen-bond acceptors (Lipinski definition) is 4. The molecule has 1 heterocycles. The van der Waals surface area contributed by atoms with Crippen molar-refractivity contribution in [3.63, 3.8) is 0 Å². The molecule has 0 aliphatic heterocycles. The number of benzene rings is 2. The van der Waals surface area contributed by atoms with Gasteiger partial charge in [-0.1, -0.05) is 24.3 Å². The summed E-state index contributed by atoms with van der Waals surface area (Å²) in [6.45, 7) is 5.04. The summed E-state index contributed by atoms with van der Waals surface area (Å²) in [6, 6.07) is 11.1. The number of nitrogens with one attached hydrogen (secondary N) is 2. The molecule has 1 aliphatic carbocycles. The van der Waals surface area contributed by atoms with Gasteiger partial charge in [0.1, 0.15) is 5.56 Å². The number of rotatable bonds is 7. The Balaban J connectivity index is 1.65. The predicted octanol–water partition coefficient (Wildman–Crippen LogP) is 4.95. The van der Waals surface area contributed by atoms with Crippen molar-refractivity contribution < 1.29 is 22.2 Å². The fourth-order valence-electron chi connectivity index (χ4n) is 4.34. The van der Waals surface area contributed by atoms with Crippen molar-refractivity contribution in [2.45, 2.75) is 57.3 Å². The van der Waals surface area contributed by atoms with Crippen molar-refractivity contribution in [1.82, 2.24) is 14.6 Å². The third kappa shape index (κ3) is 5.71. The summed E-state index contributed by atoms with van der Waals surface area (Å²) in [7, 11) is -2.88. The van der Waals surface area contributed by atoms with Crippen LogP contribution in [0.3, 0.4) is 0 Å². The van der Waals surface area contributed by atoms with Gasteiger partial charge in [0.15, 0.2) is 6.19 Å². The molecule has 1 aliphatic rings. The molecule has 0 bridgehead atoms. The average molecular weight is 557 g/mol. The van der Waals surface area contributed by atoms with E-state index in [4.69, 9.17) is 5.26 Å². The van der Waals surface area contributed by atoms with Crippen LogP contribution in [-0.4, -0.2) is 19.5 Å². The summed E-state index contributed by atoms with van der Waals surface area (Å²) in [5, 5.41) is 11.7. The first kappa shape index (κ1) is 28.0. The number of aromatic nitrogens is 1. The van der Waals surface area contributed by atoms with Gasteiger partial charge >= 0.3 is 6.18 Å². The van der Waals surface area contributed by atoms with Crippen LogP contribution in [0.2, 0.25) is 0 Å². The van der Waals surface area contributed by atoms with Crippen LogP contribution >= 0.6 is 0 Å². The fraction of sp³-hybridized carbons (Fsp3) is 0.286. The SMILES string of the molecule is CC(C)=S(=O)(NC#N)c1ccc(CNC(=O)c2cn(C3CC3)c(C)c(-c3cccc(C(F)(F)F)c3)c2=O)cc1. The van der Waals surface area contributed by atoms with Crippen molar-refractivity contribution in [3.05, 3.63) is 87.3 Å². The zero-order chi connectivity index (χ0) is 28.5. The maximum Gasteiger partial charge on any atom is 0.416 e. The lowest BCUT2D eigenvalue weighted by atomic mass is 9.98. The molecule has 2 aromatic carbocycles. The van der Waals surface area contributed by atoms with E-state index in [2.05, 4.69) is 10.0 Å². The lowest BCUT2D eigenvalue weighted by Crippen LogP contribution is -2.31. The smallest absolute Gasteiger partial charge is 0.348 e. The highest BCUT2D eigenvalue weighted by atomic mass is 32.2. The minimum Gasteiger partial charge on any atom is -0.348 e. The fourth-order valence-corrected chi connectivity index (χ4v) is 5.79. The van der Waals surface area contributed by atoms with Gasteiger partial charge in [-0.2, -0.15) is 18.4 Å². The number of hydrogen-bond donors (Lipinski definition) is 2. The molecule has 7 nitrogen and oxygen atoms in total. The van der Waals surface area contributed by atoms with Gasteiger partial charge in [0, 0.05) is 34.9 Å². The molecule has 1 fully saturated rings. The van der Waals surface area contributed by atoms with Crippen LogP contribution in [0.1, 0.15) is 59.9 Å². The van der Waals surface area contributed by atoms with Crippen LogP contribution in [0, 0.1) is 18.4 Å². The van der Waals surface area contributed by atoms with Gasteiger partial charge in [-0.3, -0.25) is 9.59 Å². The minimum absolute atomic E-state index is 0.0520.